The van der Waals surface area contributed by atoms with Crippen molar-refractivity contribution in [1.29, 1.82) is 0 Å². The van der Waals surface area contributed by atoms with Crippen LogP contribution in [0.5, 0.6) is 0 Å². The molecule has 0 aliphatic heterocycles. The highest BCUT2D eigenvalue weighted by Gasteiger charge is 2.35. The van der Waals surface area contributed by atoms with Gasteiger partial charge in [0, 0.05) is 12.1 Å². The van der Waals surface area contributed by atoms with Crippen molar-refractivity contribution in [1.82, 2.24) is 5.32 Å². The summed E-state index contributed by atoms with van der Waals surface area (Å²) in [5.74, 6) is 0. The predicted octanol–water partition coefficient (Wildman–Crippen LogP) is 0.262. The molecule has 1 fully saturated rings. The summed E-state index contributed by atoms with van der Waals surface area (Å²) in [7, 11) is 0. The molecule has 12 heavy (non-hydrogen) atoms. The average Bonchev–Trinajstić information content (AvgIpc) is 2.03. The Balaban J connectivity index is 2.20. The SMILES string of the molecule is CCC(O)CNC1(CO)CCC1. The highest BCUT2D eigenvalue weighted by Crippen LogP contribution is 2.30. The molecule has 0 heterocycles. The number of aliphatic hydroxyl groups is 2. The third kappa shape index (κ3) is 2.19. The van der Waals surface area contributed by atoms with Crippen LogP contribution in [0.15, 0.2) is 0 Å². The van der Waals surface area contributed by atoms with Crippen molar-refractivity contribution in [2.24, 2.45) is 0 Å². The normalized spacial score (nSPS) is 23.2. The molecule has 1 aliphatic carbocycles. The molecule has 3 N–H and O–H groups in total. The largest absolute Gasteiger partial charge is 0.394 e. The molecule has 0 radical (unpaired) electrons. The maximum atomic E-state index is 9.29. The van der Waals surface area contributed by atoms with Gasteiger partial charge in [-0.3, -0.25) is 0 Å². The Labute approximate surface area is 73.8 Å². The van der Waals surface area contributed by atoms with Crippen molar-refractivity contribution < 1.29 is 10.2 Å². The van der Waals surface area contributed by atoms with Crippen molar-refractivity contribution >= 4 is 0 Å². The second-order valence-corrected chi connectivity index (χ2v) is 3.73. The van der Waals surface area contributed by atoms with Gasteiger partial charge in [0.1, 0.15) is 0 Å². The van der Waals surface area contributed by atoms with E-state index in [2.05, 4.69) is 5.32 Å². The quantitative estimate of drug-likeness (QED) is 0.559. The Bertz CT molecular complexity index is 129. The minimum absolute atomic E-state index is 0.0594. The summed E-state index contributed by atoms with van der Waals surface area (Å²) in [6, 6.07) is 0. The van der Waals surface area contributed by atoms with Gasteiger partial charge < -0.3 is 15.5 Å². The second kappa shape index (κ2) is 4.21. The van der Waals surface area contributed by atoms with Crippen LogP contribution in [0.4, 0.5) is 0 Å². The van der Waals surface area contributed by atoms with E-state index in [1.54, 1.807) is 0 Å². The van der Waals surface area contributed by atoms with Crippen molar-refractivity contribution in [3.8, 4) is 0 Å². The van der Waals surface area contributed by atoms with Crippen molar-refractivity contribution in [2.45, 2.75) is 44.2 Å². The highest BCUT2D eigenvalue weighted by atomic mass is 16.3. The molecule has 1 atom stereocenters. The average molecular weight is 173 g/mol. The molecule has 0 amide bonds. The first-order valence-corrected chi connectivity index (χ1v) is 4.76. The van der Waals surface area contributed by atoms with E-state index in [-0.39, 0.29) is 18.2 Å². The minimum atomic E-state index is -0.269. The van der Waals surface area contributed by atoms with Gasteiger partial charge in [-0.25, -0.2) is 0 Å². The van der Waals surface area contributed by atoms with Gasteiger partial charge in [-0.2, -0.15) is 0 Å². The first-order chi connectivity index (χ1) is 5.72. The zero-order valence-electron chi connectivity index (χ0n) is 7.71. The zero-order chi connectivity index (χ0) is 9.03. The van der Waals surface area contributed by atoms with Crippen LogP contribution in [-0.2, 0) is 0 Å². The Morgan fingerprint density at radius 3 is 2.50 bits per heavy atom. The fourth-order valence-electron chi connectivity index (χ4n) is 1.47. The second-order valence-electron chi connectivity index (χ2n) is 3.73. The minimum Gasteiger partial charge on any atom is -0.394 e. The molecule has 0 bridgehead atoms. The molecule has 0 aromatic carbocycles. The molecule has 0 aromatic heterocycles. The predicted molar refractivity (Wildman–Crippen MR) is 48.0 cm³/mol. The zero-order valence-corrected chi connectivity index (χ0v) is 7.71. The third-order valence-electron chi connectivity index (χ3n) is 2.80. The fraction of sp³-hybridized carbons (Fsp3) is 1.00. The van der Waals surface area contributed by atoms with Crippen LogP contribution in [0.3, 0.4) is 0 Å². The lowest BCUT2D eigenvalue weighted by molar-refractivity contribution is 0.0680. The molecular formula is C9H19NO2. The van der Waals surface area contributed by atoms with Gasteiger partial charge in [0.15, 0.2) is 0 Å². The lowest BCUT2D eigenvalue weighted by Gasteiger charge is -2.41. The van der Waals surface area contributed by atoms with Gasteiger partial charge >= 0.3 is 0 Å². The van der Waals surface area contributed by atoms with Crippen LogP contribution in [0.25, 0.3) is 0 Å². The molecule has 0 spiro atoms. The summed E-state index contributed by atoms with van der Waals surface area (Å²) >= 11 is 0. The van der Waals surface area contributed by atoms with Gasteiger partial charge in [-0.05, 0) is 25.7 Å². The molecule has 1 saturated carbocycles. The highest BCUT2D eigenvalue weighted by molar-refractivity contribution is 4.95. The Kier molecular flexibility index (Phi) is 3.50. The van der Waals surface area contributed by atoms with Gasteiger partial charge in [0.25, 0.3) is 0 Å². The number of rotatable bonds is 5. The van der Waals surface area contributed by atoms with Crippen LogP contribution >= 0.6 is 0 Å². The summed E-state index contributed by atoms with van der Waals surface area (Å²) in [6.07, 6.45) is 3.78. The van der Waals surface area contributed by atoms with E-state index >= 15 is 0 Å². The first kappa shape index (κ1) is 9.96. The first-order valence-electron chi connectivity index (χ1n) is 4.76. The maximum absolute atomic E-state index is 9.29. The monoisotopic (exact) mass is 173 g/mol. The summed E-state index contributed by atoms with van der Waals surface area (Å²) in [5.41, 5.74) is -0.0594. The van der Waals surface area contributed by atoms with E-state index in [1.165, 1.54) is 6.42 Å². The summed E-state index contributed by atoms with van der Waals surface area (Å²) in [4.78, 5) is 0. The Hall–Kier alpha value is -0.120. The standard InChI is InChI=1S/C9H19NO2/c1-2-8(12)6-10-9(7-11)4-3-5-9/h8,10-12H,2-7H2,1H3. The number of nitrogens with one attached hydrogen (secondary N) is 1. The van der Waals surface area contributed by atoms with E-state index in [9.17, 15) is 5.11 Å². The molecule has 3 nitrogen and oxygen atoms in total. The Morgan fingerprint density at radius 2 is 2.17 bits per heavy atom. The molecule has 0 aromatic rings. The van der Waals surface area contributed by atoms with E-state index in [1.807, 2.05) is 6.92 Å². The van der Waals surface area contributed by atoms with Gasteiger partial charge in [0.05, 0.1) is 12.7 Å². The smallest absolute Gasteiger partial charge is 0.0662 e. The number of β-amino-alcohol motifs (C(OH)–C–C–N with tert-alkyl or cyclic N) is 1. The molecule has 72 valence electrons. The van der Waals surface area contributed by atoms with E-state index in [0.717, 1.165) is 19.3 Å². The number of hydrogen-bond donors (Lipinski definition) is 3. The molecule has 1 aliphatic rings. The van der Waals surface area contributed by atoms with Gasteiger partial charge in [0.2, 0.25) is 0 Å². The van der Waals surface area contributed by atoms with Crippen molar-refractivity contribution in [3.05, 3.63) is 0 Å². The van der Waals surface area contributed by atoms with Crippen LogP contribution in [0.1, 0.15) is 32.6 Å². The molecule has 3 heteroatoms. The summed E-state index contributed by atoms with van der Waals surface area (Å²) < 4.78 is 0. The fourth-order valence-corrected chi connectivity index (χ4v) is 1.47. The summed E-state index contributed by atoms with van der Waals surface area (Å²) in [5, 5.41) is 21.6. The number of aliphatic hydroxyl groups excluding tert-OH is 2. The summed E-state index contributed by atoms with van der Waals surface area (Å²) in [6.45, 7) is 2.76. The van der Waals surface area contributed by atoms with Crippen molar-refractivity contribution in [3.63, 3.8) is 0 Å². The lowest BCUT2D eigenvalue weighted by atomic mass is 9.77. The third-order valence-corrected chi connectivity index (χ3v) is 2.80. The van der Waals surface area contributed by atoms with Crippen molar-refractivity contribution in [2.75, 3.05) is 13.2 Å². The van der Waals surface area contributed by atoms with Crippen LogP contribution in [-0.4, -0.2) is 35.0 Å². The van der Waals surface area contributed by atoms with Crippen LogP contribution in [0, 0.1) is 0 Å². The van der Waals surface area contributed by atoms with E-state index < -0.39 is 0 Å². The molecule has 0 saturated heterocycles. The number of hydrogen-bond acceptors (Lipinski definition) is 3. The Morgan fingerprint density at radius 1 is 1.50 bits per heavy atom. The topological polar surface area (TPSA) is 52.5 Å². The maximum Gasteiger partial charge on any atom is 0.0662 e. The van der Waals surface area contributed by atoms with Gasteiger partial charge in [-0.15, -0.1) is 0 Å². The van der Waals surface area contributed by atoms with Gasteiger partial charge in [-0.1, -0.05) is 6.92 Å². The lowest BCUT2D eigenvalue weighted by Crippen LogP contribution is -2.55. The van der Waals surface area contributed by atoms with Crippen LogP contribution < -0.4 is 5.32 Å². The molecular weight excluding hydrogens is 154 g/mol. The van der Waals surface area contributed by atoms with E-state index in [0.29, 0.717) is 6.54 Å². The molecule has 1 rings (SSSR count). The molecule has 1 unspecified atom stereocenters. The van der Waals surface area contributed by atoms with Crippen LogP contribution in [0.2, 0.25) is 0 Å². The van der Waals surface area contributed by atoms with E-state index in [4.69, 9.17) is 5.11 Å².